The van der Waals surface area contributed by atoms with Gasteiger partial charge >= 0.3 is 5.97 Å². The summed E-state index contributed by atoms with van der Waals surface area (Å²) in [7, 11) is 1.54. The Bertz CT molecular complexity index is 902. The summed E-state index contributed by atoms with van der Waals surface area (Å²) in [6.07, 6.45) is -0.916. The summed E-state index contributed by atoms with van der Waals surface area (Å²) in [6.45, 7) is 0. The Morgan fingerprint density at radius 3 is 2.60 bits per heavy atom. The van der Waals surface area contributed by atoms with Crippen LogP contribution in [-0.2, 0) is 11.2 Å². The molecule has 0 saturated heterocycles. The molecule has 0 aliphatic heterocycles. The number of hydrogen-bond donors (Lipinski definition) is 1. The molecule has 0 heterocycles. The lowest BCUT2D eigenvalue weighted by Gasteiger charge is -2.18. The number of carboxylic acids is 1. The number of hydrogen-bond acceptors (Lipinski definition) is 3. The smallest absolute Gasteiger partial charge is 0.345 e. The van der Waals surface area contributed by atoms with Gasteiger partial charge in [0.1, 0.15) is 11.5 Å². The molecule has 0 radical (unpaired) electrons. The highest BCUT2D eigenvalue weighted by molar-refractivity contribution is 6.30. The second kappa shape index (κ2) is 7.45. The molecular weight excluding hydrogens is 340 g/mol. The van der Waals surface area contributed by atoms with Gasteiger partial charge in [-0.2, -0.15) is 0 Å². The molecule has 1 N–H and O–H groups in total. The summed E-state index contributed by atoms with van der Waals surface area (Å²) in [6, 6.07) is 18.4. The summed E-state index contributed by atoms with van der Waals surface area (Å²) in [5.74, 6) is 0.0682. The molecule has 0 fully saturated rings. The van der Waals surface area contributed by atoms with E-state index >= 15 is 0 Å². The van der Waals surface area contributed by atoms with E-state index in [4.69, 9.17) is 21.1 Å². The minimum Gasteiger partial charge on any atom is -0.496 e. The van der Waals surface area contributed by atoms with Crippen LogP contribution in [0.3, 0.4) is 0 Å². The number of methoxy groups -OCH3 is 1. The van der Waals surface area contributed by atoms with Crippen molar-refractivity contribution in [3.8, 4) is 11.5 Å². The third-order valence-corrected chi connectivity index (χ3v) is 4.18. The molecule has 4 nitrogen and oxygen atoms in total. The van der Waals surface area contributed by atoms with Crippen molar-refractivity contribution >= 4 is 28.3 Å². The van der Waals surface area contributed by atoms with Crippen molar-refractivity contribution in [2.24, 2.45) is 0 Å². The van der Waals surface area contributed by atoms with Crippen LogP contribution in [-0.4, -0.2) is 24.3 Å². The van der Waals surface area contributed by atoms with Crippen LogP contribution in [0, 0.1) is 0 Å². The highest BCUT2D eigenvalue weighted by atomic mass is 35.5. The van der Waals surface area contributed by atoms with Gasteiger partial charge in [-0.05, 0) is 35.2 Å². The number of fused-ring (bicyclic) bond motifs is 1. The second-order valence-corrected chi connectivity index (χ2v) is 6.02. The fourth-order valence-electron chi connectivity index (χ4n) is 2.74. The second-order valence-electron chi connectivity index (χ2n) is 5.58. The minimum absolute atomic E-state index is 0.141. The van der Waals surface area contributed by atoms with Crippen molar-refractivity contribution in [1.82, 2.24) is 0 Å². The van der Waals surface area contributed by atoms with Crippen LogP contribution in [0.4, 0.5) is 0 Å². The maximum atomic E-state index is 11.7. The van der Waals surface area contributed by atoms with Crippen LogP contribution in [0.2, 0.25) is 5.02 Å². The predicted molar refractivity (Wildman–Crippen MR) is 97.7 cm³/mol. The maximum absolute atomic E-state index is 11.7. The summed E-state index contributed by atoms with van der Waals surface area (Å²) < 4.78 is 11.1. The first kappa shape index (κ1) is 17.1. The van der Waals surface area contributed by atoms with Crippen molar-refractivity contribution in [2.75, 3.05) is 7.11 Å². The lowest BCUT2D eigenvalue weighted by Crippen LogP contribution is -2.29. The van der Waals surface area contributed by atoms with Gasteiger partial charge in [-0.3, -0.25) is 0 Å². The van der Waals surface area contributed by atoms with Crippen molar-refractivity contribution in [2.45, 2.75) is 12.5 Å². The van der Waals surface area contributed by atoms with Gasteiger partial charge in [0.15, 0.2) is 6.10 Å². The molecule has 5 heteroatoms. The number of carboxylic acid groups (broad SMARTS) is 1. The van der Waals surface area contributed by atoms with Crippen LogP contribution in [0.25, 0.3) is 10.8 Å². The highest BCUT2D eigenvalue weighted by Crippen LogP contribution is 2.29. The average Bonchev–Trinajstić information content (AvgIpc) is 2.61. The highest BCUT2D eigenvalue weighted by Gasteiger charge is 2.23. The first-order valence-electron chi connectivity index (χ1n) is 7.78. The number of halogens is 1. The van der Waals surface area contributed by atoms with Crippen LogP contribution in [0.5, 0.6) is 11.5 Å². The molecule has 3 aromatic carbocycles. The molecule has 1 atom stereocenters. The molecule has 0 unspecified atom stereocenters. The molecular formula is C20H17ClO4. The van der Waals surface area contributed by atoms with Crippen molar-refractivity contribution in [3.63, 3.8) is 0 Å². The fraction of sp³-hybridized carbons (Fsp3) is 0.150. The van der Waals surface area contributed by atoms with Gasteiger partial charge < -0.3 is 14.6 Å². The lowest BCUT2D eigenvalue weighted by molar-refractivity contribution is -0.144. The summed E-state index contributed by atoms with van der Waals surface area (Å²) in [5, 5.41) is 12.0. The third kappa shape index (κ3) is 3.86. The maximum Gasteiger partial charge on any atom is 0.345 e. The van der Waals surface area contributed by atoms with Crippen molar-refractivity contribution in [1.29, 1.82) is 0 Å². The zero-order chi connectivity index (χ0) is 17.8. The molecule has 25 heavy (non-hydrogen) atoms. The van der Waals surface area contributed by atoms with E-state index < -0.39 is 12.1 Å². The molecule has 0 saturated carbocycles. The number of benzene rings is 3. The molecule has 0 spiro atoms. The Balaban J connectivity index is 1.92. The van der Waals surface area contributed by atoms with E-state index in [1.165, 1.54) is 7.11 Å². The minimum atomic E-state index is -1.06. The Hall–Kier alpha value is -2.72. The van der Waals surface area contributed by atoms with Crippen molar-refractivity contribution < 1.29 is 19.4 Å². The van der Waals surface area contributed by atoms with Gasteiger partial charge in [0.2, 0.25) is 0 Å². The van der Waals surface area contributed by atoms with Gasteiger partial charge in [-0.25, -0.2) is 4.79 Å². The summed E-state index contributed by atoms with van der Waals surface area (Å²) in [4.78, 5) is 11.7. The van der Waals surface area contributed by atoms with Gasteiger partial charge in [-0.1, -0.05) is 48.0 Å². The average molecular weight is 357 g/mol. The Kier molecular flexibility index (Phi) is 5.10. The van der Waals surface area contributed by atoms with Gasteiger partial charge in [-0.15, -0.1) is 0 Å². The third-order valence-electron chi connectivity index (χ3n) is 3.94. The van der Waals surface area contributed by atoms with Gasteiger partial charge in [0, 0.05) is 16.8 Å². The standard InChI is InChI=1S/C20H17ClO4/c1-24-17-10-9-15(21)11-14(17)12-19(20(22)23)25-18-8-4-6-13-5-2-3-7-16(13)18/h2-11,19H,12H2,1H3,(H,22,23)/t19-/m1/s1. The van der Waals surface area contributed by atoms with Crippen LogP contribution >= 0.6 is 11.6 Å². The van der Waals surface area contributed by atoms with Crippen LogP contribution in [0.1, 0.15) is 5.56 Å². The van der Waals surface area contributed by atoms with E-state index in [-0.39, 0.29) is 6.42 Å². The van der Waals surface area contributed by atoms with E-state index in [2.05, 4.69) is 0 Å². The zero-order valence-corrected chi connectivity index (χ0v) is 14.4. The molecule has 128 valence electrons. The monoisotopic (exact) mass is 356 g/mol. The summed E-state index contributed by atoms with van der Waals surface area (Å²) in [5.41, 5.74) is 0.683. The van der Waals surface area contributed by atoms with Crippen molar-refractivity contribution in [3.05, 3.63) is 71.2 Å². The number of rotatable bonds is 6. The first-order chi connectivity index (χ1) is 12.1. The van der Waals surface area contributed by atoms with Gasteiger partial charge in [0.05, 0.1) is 7.11 Å². The number of carbonyl (C=O) groups is 1. The first-order valence-corrected chi connectivity index (χ1v) is 8.16. The quantitative estimate of drug-likeness (QED) is 0.702. The van der Waals surface area contributed by atoms with E-state index in [0.29, 0.717) is 22.1 Å². The molecule has 0 aromatic heterocycles. The molecule has 3 rings (SSSR count). The molecule has 0 bridgehead atoms. The fourth-order valence-corrected chi connectivity index (χ4v) is 2.93. The topological polar surface area (TPSA) is 55.8 Å². The van der Waals surface area contributed by atoms with E-state index in [1.54, 1.807) is 24.3 Å². The lowest BCUT2D eigenvalue weighted by atomic mass is 10.1. The normalized spacial score (nSPS) is 11.9. The molecule has 3 aromatic rings. The molecule has 0 aliphatic rings. The molecule has 0 amide bonds. The Labute approximate surface area is 150 Å². The van der Waals surface area contributed by atoms with Crippen LogP contribution < -0.4 is 9.47 Å². The van der Waals surface area contributed by atoms with E-state index in [9.17, 15) is 9.90 Å². The number of ether oxygens (including phenoxy) is 2. The Morgan fingerprint density at radius 2 is 1.84 bits per heavy atom. The Morgan fingerprint density at radius 1 is 1.08 bits per heavy atom. The van der Waals surface area contributed by atoms with Crippen LogP contribution in [0.15, 0.2) is 60.7 Å². The zero-order valence-electron chi connectivity index (χ0n) is 13.6. The predicted octanol–water partition coefficient (Wildman–Crippen LogP) is 4.58. The van der Waals surface area contributed by atoms with Gasteiger partial charge in [0.25, 0.3) is 0 Å². The SMILES string of the molecule is COc1ccc(Cl)cc1C[C@@H](Oc1cccc2ccccc12)C(=O)O. The molecule has 0 aliphatic carbocycles. The van der Waals surface area contributed by atoms with E-state index in [0.717, 1.165) is 10.8 Å². The largest absolute Gasteiger partial charge is 0.496 e. The summed E-state index contributed by atoms with van der Waals surface area (Å²) >= 11 is 6.03. The number of aliphatic carboxylic acids is 1. The van der Waals surface area contributed by atoms with E-state index in [1.807, 2.05) is 36.4 Å².